The maximum absolute atomic E-state index is 13.5. The summed E-state index contributed by atoms with van der Waals surface area (Å²) < 4.78 is 50.6. The number of phenolic OH excluding ortho intramolecular Hbond substituents is 1. The lowest BCUT2D eigenvalue weighted by molar-refractivity contribution is -0.790. The summed E-state index contributed by atoms with van der Waals surface area (Å²) >= 11 is 0. The first-order valence-corrected chi connectivity index (χ1v) is 9.81. The Balaban J connectivity index is 2.03. The molecule has 2 aromatic heterocycles. The van der Waals surface area contributed by atoms with E-state index < -0.39 is 35.0 Å². The number of nitrogens with one attached hydrogen (secondary N) is 2. The number of halogens is 3. The van der Waals surface area contributed by atoms with Crippen LogP contribution in [0.15, 0.2) is 45.5 Å². The van der Waals surface area contributed by atoms with Gasteiger partial charge in [-0.15, -0.1) is 0 Å². The highest BCUT2D eigenvalue weighted by molar-refractivity contribution is 6.00. The fourth-order valence-electron chi connectivity index (χ4n) is 3.13. The molecule has 0 unspecified atom stereocenters. The molecule has 3 aromatic rings. The number of alkyl halides is 3. The maximum atomic E-state index is 13.5. The Labute approximate surface area is 191 Å². The van der Waals surface area contributed by atoms with E-state index in [0.717, 1.165) is 11.0 Å². The lowest BCUT2D eigenvalue weighted by Gasteiger charge is -2.19. The minimum atomic E-state index is -4.91. The number of aromatic hydroxyl groups is 1. The summed E-state index contributed by atoms with van der Waals surface area (Å²) in [5.74, 6) is -1.51. The van der Waals surface area contributed by atoms with Gasteiger partial charge in [0.15, 0.2) is 5.75 Å². The van der Waals surface area contributed by atoms with E-state index in [1.807, 2.05) is 0 Å². The van der Waals surface area contributed by atoms with E-state index in [2.05, 4.69) is 27.0 Å². The van der Waals surface area contributed by atoms with Crippen LogP contribution in [0.4, 0.5) is 30.5 Å². The summed E-state index contributed by atoms with van der Waals surface area (Å²) in [5.41, 5.74) is -2.06. The first kappa shape index (κ1) is 24.5. The van der Waals surface area contributed by atoms with E-state index >= 15 is 0 Å². The number of amides is 1. The summed E-state index contributed by atoms with van der Waals surface area (Å²) in [6, 6.07) is 4.30. The van der Waals surface area contributed by atoms with Crippen LogP contribution in [0.2, 0.25) is 0 Å². The van der Waals surface area contributed by atoms with Crippen molar-refractivity contribution in [3.05, 3.63) is 64.3 Å². The van der Waals surface area contributed by atoms with Gasteiger partial charge in [0.25, 0.3) is 11.7 Å². The van der Waals surface area contributed by atoms with Gasteiger partial charge in [-0.3, -0.25) is 10.1 Å². The van der Waals surface area contributed by atoms with Crippen LogP contribution in [-0.2, 0) is 6.18 Å². The highest BCUT2D eigenvalue weighted by atomic mass is 19.4. The Hall–Kier alpha value is -4.16. The van der Waals surface area contributed by atoms with Crippen LogP contribution in [0.3, 0.4) is 0 Å². The average Bonchev–Trinajstić information content (AvgIpc) is 3.31. The molecule has 10 nitrogen and oxygen atoms in total. The second kappa shape index (κ2) is 9.00. The van der Waals surface area contributed by atoms with Crippen LogP contribution in [0.5, 0.6) is 5.75 Å². The molecule has 0 fully saturated rings. The van der Waals surface area contributed by atoms with Gasteiger partial charge in [-0.2, -0.15) is 13.2 Å². The maximum Gasteiger partial charge on any atom is 0.417 e. The number of hydrogen-bond donors (Lipinski definition) is 3. The summed E-state index contributed by atoms with van der Waals surface area (Å²) in [5, 5.41) is 31.8. The molecule has 0 aliphatic carbocycles. The predicted molar refractivity (Wildman–Crippen MR) is 114 cm³/mol. The van der Waals surface area contributed by atoms with E-state index in [1.165, 1.54) is 14.1 Å². The Bertz CT molecular complexity index is 1230. The molecular formula is C21H22F3N5O5. The lowest BCUT2D eigenvalue weighted by atomic mass is 10.0. The zero-order valence-corrected chi connectivity index (χ0v) is 18.6. The third kappa shape index (κ3) is 4.77. The van der Waals surface area contributed by atoms with Gasteiger partial charge in [0, 0.05) is 14.1 Å². The van der Waals surface area contributed by atoms with Crippen LogP contribution in [0, 0.1) is 12.1 Å². The topological polar surface area (TPSA) is 131 Å². The minimum absolute atomic E-state index is 0.0459. The van der Waals surface area contributed by atoms with Gasteiger partial charge in [-0.1, -0.05) is 17.1 Å². The van der Waals surface area contributed by atoms with Crippen molar-refractivity contribution in [3.8, 4) is 5.75 Å². The van der Waals surface area contributed by atoms with E-state index in [4.69, 9.17) is 4.42 Å². The molecule has 0 radical (unpaired) electrons. The number of anilines is 3. The highest BCUT2D eigenvalue weighted by Gasteiger charge is 2.39. The van der Waals surface area contributed by atoms with Crippen LogP contribution in [0.1, 0.15) is 40.4 Å². The second-order valence-corrected chi connectivity index (χ2v) is 7.71. The van der Waals surface area contributed by atoms with Gasteiger partial charge in [-0.25, -0.2) is 0 Å². The number of hydrogen-bond acceptors (Lipinski definition) is 8. The summed E-state index contributed by atoms with van der Waals surface area (Å²) in [4.78, 5) is 13.2. The fourth-order valence-corrected chi connectivity index (χ4v) is 3.13. The smallest absolute Gasteiger partial charge is 0.417 e. The Morgan fingerprint density at radius 2 is 1.97 bits per heavy atom. The first-order chi connectivity index (χ1) is 15.8. The Kier molecular flexibility index (Phi) is 6.48. The summed E-state index contributed by atoms with van der Waals surface area (Å²) in [6.45, 7) is 7.32. The number of carbonyl (C=O) groups excluding carboxylic acids is 1. The number of furan rings is 1. The number of nitrogens with zero attached hydrogens (tertiary/aromatic N) is 3. The molecule has 0 aliphatic heterocycles. The predicted octanol–water partition coefficient (Wildman–Crippen LogP) is 4.11. The second-order valence-electron chi connectivity index (χ2n) is 7.71. The number of rotatable bonds is 7. The van der Waals surface area contributed by atoms with E-state index in [-0.39, 0.29) is 22.2 Å². The molecule has 2 heterocycles. The monoisotopic (exact) mass is 481 g/mol. The highest BCUT2D eigenvalue weighted by Crippen LogP contribution is 2.41. The van der Waals surface area contributed by atoms with E-state index in [1.54, 1.807) is 26.0 Å². The largest absolute Gasteiger partial charge is 0.504 e. The van der Waals surface area contributed by atoms with Gasteiger partial charge >= 0.3 is 12.0 Å². The zero-order chi connectivity index (χ0) is 25.4. The van der Waals surface area contributed by atoms with Crippen LogP contribution in [-0.4, -0.2) is 35.2 Å². The van der Waals surface area contributed by atoms with Gasteiger partial charge in [0.1, 0.15) is 23.2 Å². The van der Waals surface area contributed by atoms with Crippen molar-refractivity contribution >= 4 is 23.2 Å². The van der Waals surface area contributed by atoms with Crippen molar-refractivity contribution in [2.24, 2.45) is 0 Å². The standard InChI is InChI=1S/C21H22F3N5O5/c1-10(2)16(14-9-6-11(3)33-14)26-18-19(29(32)34-27-18)25-13-8-7-12(21(22,23)24)15(17(13)30)20(31)28(4)5/h6-9,16,25,30H,1H2,2-5H3,(H,26,27)/t16-/m1/s1. The molecule has 182 valence electrons. The summed E-state index contributed by atoms with van der Waals surface area (Å²) in [7, 11) is 2.48. The lowest BCUT2D eigenvalue weighted by Crippen LogP contribution is -2.28. The first-order valence-electron chi connectivity index (χ1n) is 9.81. The molecule has 0 aliphatic rings. The molecule has 0 saturated carbocycles. The molecule has 0 spiro atoms. The molecule has 1 atom stereocenters. The van der Waals surface area contributed by atoms with Gasteiger partial charge < -0.3 is 29.6 Å². The number of aryl methyl sites for hydroxylation is 1. The third-order valence-electron chi connectivity index (χ3n) is 4.79. The van der Waals surface area contributed by atoms with Crippen LogP contribution < -0.4 is 15.5 Å². The molecule has 0 bridgehead atoms. The van der Waals surface area contributed by atoms with Crippen LogP contribution in [0.25, 0.3) is 0 Å². The zero-order valence-electron chi connectivity index (χ0n) is 18.6. The van der Waals surface area contributed by atoms with Crippen molar-refractivity contribution in [2.75, 3.05) is 24.7 Å². The molecule has 1 aromatic carbocycles. The molecule has 3 rings (SSSR count). The number of benzene rings is 1. The van der Waals surface area contributed by atoms with Crippen molar-refractivity contribution in [1.29, 1.82) is 0 Å². The fraction of sp³-hybridized carbons (Fsp3) is 0.286. The average molecular weight is 481 g/mol. The quantitative estimate of drug-likeness (QED) is 0.261. The van der Waals surface area contributed by atoms with Gasteiger partial charge in [0.05, 0.1) is 11.1 Å². The Morgan fingerprint density at radius 3 is 2.50 bits per heavy atom. The van der Waals surface area contributed by atoms with Crippen molar-refractivity contribution in [3.63, 3.8) is 0 Å². The van der Waals surface area contributed by atoms with Crippen molar-refractivity contribution < 1.29 is 37.0 Å². The molecular weight excluding hydrogens is 459 g/mol. The minimum Gasteiger partial charge on any atom is -0.504 e. The van der Waals surface area contributed by atoms with Crippen LogP contribution >= 0.6 is 0 Å². The van der Waals surface area contributed by atoms with Crippen molar-refractivity contribution in [2.45, 2.75) is 26.1 Å². The molecule has 34 heavy (non-hydrogen) atoms. The number of phenols is 1. The normalized spacial score (nSPS) is 12.3. The molecule has 13 heteroatoms. The molecule has 0 saturated heterocycles. The molecule has 1 amide bonds. The van der Waals surface area contributed by atoms with Gasteiger partial charge in [-0.05, 0) is 43.3 Å². The van der Waals surface area contributed by atoms with Crippen molar-refractivity contribution in [1.82, 2.24) is 10.1 Å². The third-order valence-corrected chi connectivity index (χ3v) is 4.79. The molecule has 3 N–H and O–H groups in total. The SMILES string of the molecule is C=C(C)[C@@H](Nc1no[n+]([O-])c1Nc1ccc(C(F)(F)F)c(C(=O)N(C)C)c1O)c1ccc(C)o1. The van der Waals surface area contributed by atoms with E-state index in [0.29, 0.717) is 23.2 Å². The van der Waals surface area contributed by atoms with E-state index in [9.17, 15) is 28.3 Å². The Morgan fingerprint density at radius 1 is 1.29 bits per heavy atom. The number of carbonyl (C=O) groups is 1. The van der Waals surface area contributed by atoms with Gasteiger partial charge in [0.2, 0.25) is 0 Å². The number of aromatic nitrogens is 2. The summed E-state index contributed by atoms with van der Waals surface area (Å²) in [6.07, 6.45) is -4.91.